The lowest BCUT2D eigenvalue weighted by atomic mass is 10.1. The van der Waals surface area contributed by atoms with E-state index in [2.05, 4.69) is 28.5 Å². The summed E-state index contributed by atoms with van der Waals surface area (Å²) in [6.45, 7) is 12.9. The fourth-order valence-electron chi connectivity index (χ4n) is 4.33. The Balaban J connectivity index is 0.000000268. The molecular weight excluding hydrogens is 574 g/mol. The van der Waals surface area contributed by atoms with Crippen LogP contribution in [0.15, 0.2) is 85.6 Å². The average molecular weight is 618 g/mol. The van der Waals surface area contributed by atoms with Crippen molar-refractivity contribution < 1.29 is 33.3 Å². The van der Waals surface area contributed by atoms with E-state index < -0.39 is 0 Å². The Morgan fingerprint density at radius 2 is 1.80 bits per heavy atom. The highest BCUT2D eigenvalue weighted by Crippen LogP contribution is 2.24. The van der Waals surface area contributed by atoms with E-state index in [-0.39, 0.29) is 18.4 Å². The highest BCUT2D eigenvalue weighted by molar-refractivity contribution is 5.95. The molecule has 1 aliphatic rings. The smallest absolute Gasteiger partial charge is 0.325 e. The van der Waals surface area contributed by atoms with Gasteiger partial charge in [-0.05, 0) is 55.5 Å². The van der Waals surface area contributed by atoms with Crippen LogP contribution in [-0.4, -0.2) is 65.5 Å². The monoisotopic (exact) mass is 617 g/mol. The maximum absolute atomic E-state index is 11.9. The van der Waals surface area contributed by atoms with Gasteiger partial charge in [0.15, 0.2) is 0 Å². The third kappa shape index (κ3) is 11.7. The van der Waals surface area contributed by atoms with Crippen molar-refractivity contribution in [2.45, 2.75) is 20.0 Å². The second-order valence-electron chi connectivity index (χ2n) is 9.97. The van der Waals surface area contributed by atoms with Crippen LogP contribution in [-0.2, 0) is 25.7 Å². The van der Waals surface area contributed by atoms with Crippen LogP contribution in [0, 0.1) is 0 Å². The van der Waals surface area contributed by atoms with Crippen molar-refractivity contribution in [1.29, 1.82) is 0 Å². The molecule has 0 bridgehead atoms. The highest BCUT2D eigenvalue weighted by Gasteiger charge is 2.19. The van der Waals surface area contributed by atoms with Crippen molar-refractivity contribution in [2.24, 2.45) is 0 Å². The second-order valence-corrected chi connectivity index (χ2v) is 9.97. The molecule has 1 heterocycles. The van der Waals surface area contributed by atoms with E-state index in [9.17, 15) is 9.59 Å². The molecule has 0 aromatic heterocycles. The normalized spacial score (nSPS) is 12.3. The number of benzene rings is 3. The third-order valence-corrected chi connectivity index (χ3v) is 6.58. The molecule has 3 aromatic carbocycles. The quantitative estimate of drug-likeness (QED) is 0.131. The summed E-state index contributed by atoms with van der Waals surface area (Å²) >= 11 is 0. The molecule has 1 amide bonds. The Morgan fingerprint density at radius 1 is 1.04 bits per heavy atom. The topological polar surface area (TPSA) is 108 Å². The van der Waals surface area contributed by atoms with Crippen molar-refractivity contribution in [1.82, 2.24) is 5.32 Å². The zero-order chi connectivity index (χ0) is 32.4. The first-order valence-electron chi connectivity index (χ1n) is 14.7. The number of carbonyl (C=O) groups is 2. The van der Waals surface area contributed by atoms with Crippen molar-refractivity contribution >= 4 is 29.3 Å². The molecule has 0 radical (unpaired) electrons. The summed E-state index contributed by atoms with van der Waals surface area (Å²) < 4.78 is 26.7. The lowest BCUT2D eigenvalue weighted by Gasteiger charge is -2.27. The molecule has 4 rings (SSSR count). The van der Waals surface area contributed by atoms with E-state index in [1.807, 2.05) is 60.7 Å². The minimum absolute atomic E-state index is 0.0992. The molecule has 0 saturated carbocycles. The van der Waals surface area contributed by atoms with Crippen molar-refractivity contribution in [3.05, 3.63) is 96.8 Å². The first-order chi connectivity index (χ1) is 21.8. The van der Waals surface area contributed by atoms with Crippen LogP contribution in [0.2, 0.25) is 0 Å². The van der Waals surface area contributed by atoms with Gasteiger partial charge < -0.3 is 39.2 Å². The van der Waals surface area contributed by atoms with Gasteiger partial charge in [0.2, 0.25) is 5.91 Å². The van der Waals surface area contributed by atoms with Gasteiger partial charge in [-0.3, -0.25) is 9.59 Å². The fraction of sp³-hybridized carbons (Fsp3) is 0.314. The molecule has 0 unspecified atom stereocenters. The molecule has 45 heavy (non-hydrogen) atoms. The summed E-state index contributed by atoms with van der Waals surface area (Å²) in [4.78, 5) is 24.8. The number of allylic oxidation sites excluding steroid dienone is 1. The summed E-state index contributed by atoms with van der Waals surface area (Å²) in [5.74, 6) is 2.71. The number of hydrogen-bond donors (Lipinski definition) is 2. The van der Waals surface area contributed by atoms with E-state index in [0.29, 0.717) is 44.4 Å². The summed E-state index contributed by atoms with van der Waals surface area (Å²) in [6.07, 6.45) is 2.48. The van der Waals surface area contributed by atoms with Gasteiger partial charge in [-0.25, -0.2) is 0 Å². The number of nitrogens with one attached hydrogen (secondary N) is 2. The van der Waals surface area contributed by atoms with Gasteiger partial charge in [-0.1, -0.05) is 37.4 Å². The van der Waals surface area contributed by atoms with E-state index in [0.717, 1.165) is 47.0 Å². The number of anilines is 2. The van der Waals surface area contributed by atoms with E-state index in [4.69, 9.17) is 18.9 Å². The number of hydrogen-bond acceptors (Lipinski definition) is 9. The summed E-state index contributed by atoms with van der Waals surface area (Å²) in [7, 11) is 3.01. The molecule has 0 spiro atoms. The maximum Gasteiger partial charge on any atom is 0.325 e. The number of piperazine rings is 1. The zero-order valence-corrected chi connectivity index (χ0v) is 26.3. The minimum atomic E-state index is -0.327. The number of para-hydroxylation sites is 1. The average Bonchev–Trinajstić information content (AvgIpc) is 3.06. The SMILES string of the molecule is C=Cc1cc(OC(=C)C)ccc1NCC(=O)OC.COc1ccccc1COCCCOc1ccc(N2CCNCC2=O)cc1. The van der Waals surface area contributed by atoms with Gasteiger partial charge in [0.1, 0.15) is 23.8 Å². The Morgan fingerprint density at radius 3 is 2.49 bits per heavy atom. The molecule has 10 heteroatoms. The maximum atomic E-state index is 11.9. The van der Waals surface area contributed by atoms with Crippen LogP contribution in [0.3, 0.4) is 0 Å². The van der Waals surface area contributed by atoms with Crippen LogP contribution in [0.5, 0.6) is 17.2 Å². The number of ether oxygens (including phenoxy) is 5. The van der Waals surface area contributed by atoms with Crippen LogP contribution in [0.1, 0.15) is 24.5 Å². The first kappa shape index (κ1) is 34.7. The lowest BCUT2D eigenvalue weighted by Crippen LogP contribution is -2.48. The first-order valence-corrected chi connectivity index (χ1v) is 14.7. The Labute approximate surface area is 265 Å². The Kier molecular flexibility index (Phi) is 14.5. The predicted molar refractivity (Wildman–Crippen MR) is 177 cm³/mol. The van der Waals surface area contributed by atoms with Crippen LogP contribution < -0.4 is 29.7 Å². The fourth-order valence-corrected chi connectivity index (χ4v) is 4.33. The molecule has 3 aromatic rings. The van der Waals surface area contributed by atoms with E-state index in [1.165, 1.54) is 7.11 Å². The van der Waals surface area contributed by atoms with E-state index in [1.54, 1.807) is 31.1 Å². The number of amides is 1. The zero-order valence-electron chi connectivity index (χ0n) is 26.3. The second kappa shape index (κ2) is 18.8. The molecule has 0 atom stereocenters. The predicted octanol–water partition coefficient (Wildman–Crippen LogP) is 5.44. The Hall–Kier alpha value is -4.80. The standard InChI is InChI=1S/C21H26N2O4.C14H17NO3/c1-25-20-6-3-2-5-17(20)16-26-13-4-14-27-19-9-7-18(8-10-19)23-12-11-22-15-21(23)24;1-5-11-8-12(18-10(2)3)6-7-13(11)15-9-14(16)17-4/h2-3,5-10,22H,4,11-16H2,1H3;5-8,15H,1-2,9H2,3-4H3. The molecule has 0 aliphatic carbocycles. The number of carbonyl (C=O) groups excluding carboxylic acids is 2. The summed E-state index contributed by atoms with van der Waals surface area (Å²) in [6, 6.07) is 20.9. The van der Waals surface area contributed by atoms with Crippen LogP contribution in [0.25, 0.3) is 6.08 Å². The number of rotatable bonds is 15. The van der Waals surface area contributed by atoms with Gasteiger partial charge >= 0.3 is 5.97 Å². The lowest BCUT2D eigenvalue weighted by molar-refractivity contribution is -0.138. The number of methoxy groups -OCH3 is 2. The van der Waals surface area contributed by atoms with Gasteiger partial charge in [0, 0.05) is 42.0 Å². The molecule has 1 saturated heterocycles. The van der Waals surface area contributed by atoms with E-state index >= 15 is 0 Å². The van der Waals surface area contributed by atoms with Gasteiger partial charge in [-0.15, -0.1) is 0 Å². The molecular formula is C35H43N3O7. The molecule has 2 N–H and O–H groups in total. The highest BCUT2D eigenvalue weighted by atomic mass is 16.5. The van der Waals surface area contributed by atoms with Gasteiger partial charge in [0.25, 0.3) is 0 Å². The van der Waals surface area contributed by atoms with Crippen LogP contribution >= 0.6 is 0 Å². The largest absolute Gasteiger partial charge is 0.496 e. The van der Waals surface area contributed by atoms with Gasteiger partial charge in [0.05, 0.1) is 46.3 Å². The van der Waals surface area contributed by atoms with Crippen molar-refractivity contribution in [3.8, 4) is 17.2 Å². The van der Waals surface area contributed by atoms with Gasteiger partial charge in [-0.2, -0.15) is 0 Å². The summed E-state index contributed by atoms with van der Waals surface area (Å²) in [5.41, 5.74) is 3.59. The number of esters is 1. The molecule has 1 aliphatic heterocycles. The number of nitrogens with zero attached hydrogens (tertiary/aromatic N) is 1. The van der Waals surface area contributed by atoms with Crippen LogP contribution in [0.4, 0.5) is 11.4 Å². The molecule has 240 valence electrons. The molecule has 10 nitrogen and oxygen atoms in total. The summed E-state index contributed by atoms with van der Waals surface area (Å²) in [5, 5.41) is 6.04. The third-order valence-electron chi connectivity index (χ3n) is 6.58. The van der Waals surface area contributed by atoms with Crippen molar-refractivity contribution in [2.75, 3.05) is 63.8 Å². The Bertz CT molecular complexity index is 1410. The van der Waals surface area contributed by atoms with Crippen molar-refractivity contribution in [3.63, 3.8) is 0 Å². The molecule has 1 fully saturated rings. The minimum Gasteiger partial charge on any atom is -0.496 e.